The smallest absolute Gasteiger partial charge is 0.261 e. The number of ether oxygens (including phenoxy) is 1. The lowest BCUT2D eigenvalue weighted by Gasteiger charge is -2.08. The Morgan fingerprint density at radius 2 is 1.86 bits per heavy atom. The number of hydrogen-bond donors (Lipinski definition) is 0. The van der Waals surface area contributed by atoms with Crippen molar-refractivity contribution in [2.45, 2.75) is 6.54 Å². The Kier molecular flexibility index (Phi) is 4.01. The van der Waals surface area contributed by atoms with Gasteiger partial charge in [0.2, 0.25) is 0 Å². The maximum Gasteiger partial charge on any atom is 0.261 e. The number of halogens is 1. The van der Waals surface area contributed by atoms with Crippen LogP contribution < -0.4 is 10.3 Å². The summed E-state index contributed by atoms with van der Waals surface area (Å²) in [4.78, 5) is 16.6. The van der Waals surface area contributed by atoms with E-state index >= 15 is 0 Å². The summed E-state index contributed by atoms with van der Waals surface area (Å²) < 4.78 is 8.20. The predicted molar refractivity (Wildman–Crippen MR) is 85.6 cm³/mol. The van der Waals surface area contributed by atoms with Gasteiger partial charge in [0.05, 0.1) is 23.8 Å². The SMILES string of the molecule is O=c1c2ccccc2ncn1CCOc1ccc(Br)cc1. The lowest BCUT2D eigenvalue weighted by molar-refractivity contribution is 0.296. The Morgan fingerprint density at radius 3 is 2.67 bits per heavy atom. The van der Waals surface area contributed by atoms with E-state index in [0.717, 1.165) is 10.2 Å². The van der Waals surface area contributed by atoms with Gasteiger partial charge in [-0.2, -0.15) is 0 Å². The molecular formula is C16H13BrN2O2. The van der Waals surface area contributed by atoms with E-state index in [9.17, 15) is 4.79 Å². The van der Waals surface area contributed by atoms with E-state index in [0.29, 0.717) is 24.1 Å². The molecule has 4 nitrogen and oxygen atoms in total. The van der Waals surface area contributed by atoms with Crippen molar-refractivity contribution in [2.75, 3.05) is 6.61 Å². The van der Waals surface area contributed by atoms with Crippen molar-refractivity contribution in [3.8, 4) is 5.75 Å². The van der Waals surface area contributed by atoms with Crippen LogP contribution in [0.15, 0.2) is 64.1 Å². The van der Waals surface area contributed by atoms with Crippen molar-refractivity contribution in [3.63, 3.8) is 0 Å². The van der Waals surface area contributed by atoms with Gasteiger partial charge in [-0.15, -0.1) is 0 Å². The highest BCUT2D eigenvalue weighted by Crippen LogP contribution is 2.16. The van der Waals surface area contributed by atoms with E-state index in [1.807, 2.05) is 42.5 Å². The molecule has 0 atom stereocenters. The van der Waals surface area contributed by atoms with Gasteiger partial charge in [-0.1, -0.05) is 28.1 Å². The van der Waals surface area contributed by atoms with E-state index in [-0.39, 0.29) is 5.56 Å². The molecule has 3 rings (SSSR count). The third-order valence-electron chi connectivity index (χ3n) is 3.15. The van der Waals surface area contributed by atoms with Gasteiger partial charge in [0.1, 0.15) is 12.4 Å². The third kappa shape index (κ3) is 3.13. The zero-order valence-corrected chi connectivity index (χ0v) is 12.8. The number of hydrogen-bond acceptors (Lipinski definition) is 3. The van der Waals surface area contributed by atoms with Gasteiger partial charge in [-0.3, -0.25) is 9.36 Å². The van der Waals surface area contributed by atoms with Crippen molar-refractivity contribution >= 4 is 26.8 Å². The van der Waals surface area contributed by atoms with Crippen molar-refractivity contribution in [1.29, 1.82) is 0 Å². The molecule has 0 bridgehead atoms. The van der Waals surface area contributed by atoms with E-state index < -0.39 is 0 Å². The molecule has 0 fully saturated rings. The topological polar surface area (TPSA) is 44.1 Å². The van der Waals surface area contributed by atoms with Crippen molar-refractivity contribution in [1.82, 2.24) is 9.55 Å². The first-order chi connectivity index (χ1) is 10.2. The molecular weight excluding hydrogens is 332 g/mol. The number of aromatic nitrogens is 2. The van der Waals surface area contributed by atoms with Gasteiger partial charge in [-0.25, -0.2) is 4.98 Å². The quantitative estimate of drug-likeness (QED) is 0.729. The van der Waals surface area contributed by atoms with Crippen LogP contribution in [0.5, 0.6) is 5.75 Å². The molecule has 0 aliphatic rings. The van der Waals surface area contributed by atoms with Gasteiger partial charge in [0, 0.05) is 4.47 Å². The first kappa shape index (κ1) is 13.8. The monoisotopic (exact) mass is 344 g/mol. The van der Waals surface area contributed by atoms with Crippen LogP contribution in [0.25, 0.3) is 10.9 Å². The Morgan fingerprint density at radius 1 is 1.10 bits per heavy atom. The number of nitrogens with zero attached hydrogens (tertiary/aromatic N) is 2. The highest BCUT2D eigenvalue weighted by Gasteiger charge is 2.03. The van der Waals surface area contributed by atoms with Gasteiger partial charge < -0.3 is 4.74 Å². The summed E-state index contributed by atoms with van der Waals surface area (Å²) in [5, 5.41) is 0.628. The Bertz CT molecular complexity index is 812. The Hall–Kier alpha value is -2.14. The van der Waals surface area contributed by atoms with Crippen LogP contribution in [0.3, 0.4) is 0 Å². The van der Waals surface area contributed by atoms with E-state index in [4.69, 9.17) is 4.74 Å². The molecule has 0 radical (unpaired) electrons. The fourth-order valence-electron chi connectivity index (χ4n) is 2.06. The lowest BCUT2D eigenvalue weighted by atomic mass is 10.2. The van der Waals surface area contributed by atoms with Crippen molar-refractivity contribution < 1.29 is 4.74 Å². The minimum absolute atomic E-state index is 0.0417. The molecule has 3 aromatic rings. The van der Waals surface area contributed by atoms with Crippen LogP contribution in [-0.2, 0) is 6.54 Å². The molecule has 5 heteroatoms. The summed E-state index contributed by atoms with van der Waals surface area (Å²) in [6.07, 6.45) is 1.57. The Labute approximate surface area is 130 Å². The lowest BCUT2D eigenvalue weighted by Crippen LogP contribution is -2.23. The molecule has 0 saturated heterocycles. The molecule has 1 heterocycles. The molecule has 21 heavy (non-hydrogen) atoms. The first-order valence-corrected chi connectivity index (χ1v) is 7.36. The minimum atomic E-state index is -0.0417. The van der Waals surface area contributed by atoms with Gasteiger partial charge >= 0.3 is 0 Å². The van der Waals surface area contributed by atoms with Gasteiger partial charge in [0.25, 0.3) is 5.56 Å². The van der Waals surface area contributed by atoms with Crippen molar-refractivity contribution in [2.24, 2.45) is 0 Å². The number of rotatable bonds is 4. The van der Waals surface area contributed by atoms with E-state index in [1.54, 1.807) is 17.0 Å². The molecule has 0 aliphatic heterocycles. The summed E-state index contributed by atoms with van der Waals surface area (Å²) in [6, 6.07) is 14.9. The molecule has 2 aromatic carbocycles. The van der Waals surface area contributed by atoms with Crippen LogP contribution in [0, 0.1) is 0 Å². The normalized spacial score (nSPS) is 10.7. The molecule has 0 saturated carbocycles. The largest absolute Gasteiger partial charge is 0.492 e. The maximum atomic E-state index is 12.3. The Balaban J connectivity index is 1.72. The van der Waals surface area contributed by atoms with Crippen LogP contribution in [-0.4, -0.2) is 16.2 Å². The van der Waals surface area contributed by atoms with E-state index in [2.05, 4.69) is 20.9 Å². The summed E-state index contributed by atoms with van der Waals surface area (Å²) in [5.74, 6) is 0.778. The zero-order valence-electron chi connectivity index (χ0n) is 11.2. The second-order valence-corrected chi connectivity index (χ2v) is 5.48. The molecule has 0 aliphatic carbocycles. The van der Waals surface area contributed by atoms with Crippen LogP contribution in [0.2, 0.25) is 0 Å². The zero-order chi connectivity index (χ0) is 14.7. The second kappa shape index (κ2) is 6.10. The summed E-state index contributed by atoms with van der Waals surface area (Å²) in [7, 11) is 0. The van der Waals surface area contributed by atoms with Crippen LogP contribution in [0.1, 0.15) is 0 Å². The average Bonchev–Trinajstić information content (AvgIpc) is 2.52. The standard InChI is InChI=1S/C16H13BrN2O2/c17-12-5-7-13(8-6-12)21-10-9-19-11-18-15-4-2-1-3-14(15)16(19)20/h1-8,11H,9-10H2. The molecule has 0 amide bonds. The molecule has 0 N–H and O–H groups in total. The maximum absolute atomic E-state index is 12.3. The number of benzene rings is 2. The number of fused-ring (bicyclic) bond motifs is 1. The average molecular weight is 345 g/mol. The molecule has 0 unspecified atom stereocenters. The fraction of sp³-hybridized carbons (Fsp3) is 0.125. The van der Waals surface area contributed by atoms with Crippen LogP contribution >= 0.6 is 15.9 Å². The third-order valence-corrected chi connectivity index (χ3v) is 3.67. The number of para-hydroxylation sites is 1. The van der Waals surface area contributed by atoms with Gasteiger partial charge in [-0.05, 0) is 36.4 Å². The predicted octanol–water partition coefficient (Wildman–Crippen LogP) is 3.24. The fourth-order valence-corrected chi connectivity index (χ4v) is 2.32. The summed E-state index contributed by atoms with van der Waals surface area (Å²) >= 11 is 3.37. The van der Waals surface area contributed by atoms with Gasteiger partial charge in [0.15, 0.2) is 0 Å². The minimum Gasteiger partial charge on any atom is -0.492 e. The first-order valence-electron chi connectivity index (χ1n) is 6.56. The highest BCUT2D eigenvalue weighted by atomic mass is 79.9. The summed E-state index contributed by atoms with van der Waals surface area (Å²) in [6.45, 7) is 0.883. The molecule has 0 spiro atoms. The highest BCUT2D eigenvalue weighted by molar-refractivity contribution is 9.10. The summed E-state index contributed by atoms with van der Waals surface area (Å²) in [5.41, 5.74) is 0.674. The van der Waals surface area contributed by atoms with Crippen LogP contribution in [0.4, 0.5) is 0 Å². The molecule has 1 aromatic heterocycles. The second-order valence-electron chi connectivity index (χ2n) is 4.56. The molecule has 106 valence electrons. The van der Waals surface area contributed by atoms with E-state index in [1.165, 1.54) is 0 Å². The van der Waals surface area contributed by atoms with Crippen molar-refractivity contribution in [3.05, 3.63) is 69.7 Å².